The summed E-state index contributed by atoms with van der Waals surface area (Å²) < 4.78 is 0. The smallest absolute Gasteiger partial charge is 0.298 e. The molecular weight excluding hydrogens is 240 g/mol. The molecule has 0 aliphatic carbocycles. The average molecular weight is 272 g/mol. The van der Waals surface area contributed by atoms with E-state index in [1.807, 2.05) is 6.92 Å². The number of unbranched alkanes of at least 4 members (excludes halogenated alkanes) is 1. The van der Waals surface area contributed by atoms with Gasteiger partial charge in [-0.3, -0.25) is 4.89 Å². The van der Waals surface area contributed by atoms with Crippen molar-refractivity contribution in [3.05, 3.63) is 0 Å². The third kappa shape index (κ3) is 7.56. The fourth-order valence-corrected chi connectivity index (χ4v) is 2.90. The molecule has 3 heteroatoms. The largest absolute Gasteiger partial charge is 0.345 e. The highest BCUT2D eigenvalue weighted by molar-refractivity contribution is 5.72. The molecule has 0 saturated heterocycles. The van der Waals surface area contributed by atoms with Crippen molar-refractivity contribution in [2.45, 2.75) is 74.1 Å². The molecule has 19 heavy (non-hydrogen) atoms. The summed E-state index contributed by atoms with van der Waals surface area (Å²) in [7, 11) is 0. The quantitative estimate of drug-likeness (QED) is 0.472. The molecule has 114 valence electrons. The molecule has 0 aromatic carbocycles. The molecule has 0 spiro atoms. The Morgan fingerprint density at radius 1 is 1.11 bits per heavy atom. The maximum Gasteiger partial charge on any atom is 0.345 e. The van der Waals surface area contributed by atoms with Crippen molar-refractivity contribution in [3.8, 4) is 0 Å². The third-order valence-electron chi connectivity index (χ3n) is 3.32. The molecule has 3 nitrogen and oxygen atoms in total. The lowest BCUT2D eigenvalue weighted by Gasteiger charge is -2.37. The lowest BCUT2D eigenvalue weighted by molar-refractivity contribution is -0.276. The highest BCUT2D eigenvalue weighted by Gasteiger charge is 2.39. The van der Waals surface area contributed by atoms with Gasteiger partial charge < -0.3 is 0 Å². The fourth-order valence-electron chi connectivity index (χ4n) is 2.90. The van der Waals surface area contributed by atoms with E-state index in [0.29, 0.717) is 6.61 Å². The Kier molecular flexibility index (Phi) is 7.65. The zero-order valence-electron chi connectivity index (χ0n) is 13.8. The third-order valence-corrected chi connectivity index (χ3v) is 3.32. The molecule has 1 atom stereocenters. The second-order valence-corrected chi connectivity index (χ2v) is 7.23. The standard InChI is InChI=1S/C16H32O3/c1-8-10-11-13(14(17)19-18-9-2)16(6,7)12-15(3,4)5/h13H,8-12H2,1-7H3. The van der Waals surface area contributed by atoms with Crippen molar-refractivity contribution in [2.75, 3.05) is 6.61 Å². The molecule has 0 saturated carbocycles. The molecule has 0 aromatic heterocycles. The molecule has 1 unspecified atom stereocenters. The van der Waals surface area contributed by atoms with Crippen LogP contribution in [0.1, 0.15) is 74.1 Å². The van der Waals surface area contributed by atoms with Crippen LogP contribution >= 0.6 is 0 Å². The number of hydrogen-bond donors (Lipinski definition) is 0. The number of rotatable bonds is 8. The summed E-state index contributed by atoms with van der Waals surface area (Å²) >= 11 is 0. The van der Waals surface area contributed by atoms with Crippen molar-refractivity contribution in [3.63, 3.8) is 0 Å². The van der Waals surface area contributed by atoms with E-state index in [1.54, 1.807) is 0 Å². The molecule has 0 radical (unpaired) electrons. The molecule has 0 aliphatic heterocycles. The van der Waals surface area contributed by atoms with Crippen LogP contribution in [0.25, 0.3) is 0 Å². The predicted molar refractivity (Wildman–Crippen MR) is 78.6 cm³/mol. The van der Waals surface area contributed by atoms with E-state index in [2.05, 4.69) is 41.5 Å². The summed E-state index contributed by atoms with van der Waals surface area (Å²) in [6.07, 6.45) is 3.98. The highest BCUT2D eigenvalue weighted by Crippen LogP contribution is 2.41. The molecule has 0 bridgehead atoms. The first-order valence-electron chi connectivity index (χ1n) is 7.47. The van der Waals surface area contributed by atoms with Gasteiger partial charge in [-0.2, -0.15) is 4.89 Å². The van der Waals surface area contributed by atoms with Gasteiger partial charge in [-0.15, -0.1) is 0 Å². The normalized spacial score (nSPS) is 14.3. The minimum atomic E-state index is -0.218. The minimum absolute atomic E-state index is 0.0817. The van der Waals surface area contributed by atoms with Crippen LogP contribution in [0.5, 0.6) is 0 Å². The highest BCUT2D eigenvalue weighted by atomic mass is 17.2. The number of hydrogen-bond acceptors (Lipinski definition) is 3. The van der Waals surface area contributed by atoms with Crippen LogP contribution in [0.3, 0.4) is 0 Å². The van der Waals surface area contributed by atoms with Gasteiger partial charge in [0.2, 0.25) is 0 Å². The number of carbonyl (C=O) groups excluding carboxylic acids is 1. The molecule has 0 heterocycles. The molecule has 0 aromatic rings. The van der Waals surface area contributed by atoms with Gasteiger partial charge in [-0.05, 0) is 30.6 Å². The molecule has 0 fully saturated rings. The Labute approximate surface area is 119 Å². The van der Waals surface area contributed by atoms with Crippen molar-refractivity contribution in [1.29, 1.82) is 0 Å². The van der Waals surface area contributed by atoms with E-state index in [4.69, 9.17) is 9.78 Å². The van der Waals surface area contributed by atoms with Crippen LogP contribution < -0.4 is 0 Å². The van der Waals surface area contributed by atoms with E-state index >= 15 is 0 Å². The zero-order chi connectivity index (χ0) is 15.1. The maximum atomic E-state index is 12.2. The molecule has 0 amide bonds. The first kappa shape index (κ1) is 18.4. The summed E-state index contributed by atoms with van der Waals surface area (Å²) in [5, 5.41) is 0. The predicted octanol–water partition coefficient (Wildman–Crippen LogP) is 4.75. The molecule has 0 aliphatic rings. The van der Waals surface area contributed by atoms with Crippen LogP contribution in [0, 0.1) is 16.7 Å². The second-order valence-electron chi connectivity index (χ2n) is 7.23. The minimum Gasteiger partial charge on any atom is -0.298 e. The fraction of sp³-hybridized carbons (Fsp3) is 0.938. The lowest BCUT2D eigenvalue weighted by atomic mass is 9.67. The summed E-state index contributed by atoms with van der Waals surface area (Å²) in [5.74, 6) is -0.317. The van der Waals surface area contributed by atoms with Crippen molar-refractivity contribution in [1.82, 2.24) is 0 Å². The second kappa shape index (κ2) is 7.88. The van der Waals surface area contributed by atoms with E-state index in [1.165, 1.54) is 0 Å². The first-order valence-corrected chi connectivity index (χ1v) is 7.47. The lowest BCUT2D eigenvalue weighted by Crippen LogP contribution is -2.35. The van der Waals surface area contributed by atoms with E-state index in [0.717, 1.165) is 25.7 Å². The van der Waals surface area contributed by atoms with Gasteiger partial charge in [0.1, 0.15) is 0 Å². The molecular formula is C16H32O3. The zero-order valence-corrected chi connectivity index (χ0v) is 13.8. The topological polar surface area (TPSA) is 35.5 Å². The van der Waals surface area contributed by atoms with Crippen LogP contribution in [-0.2, 0) is 14.6 Å². The summed E-state index contributed by atoms with van der Waals surface area (Å²) in [5.41, 5.74) is 0.113. The number of carbonyl (C=O) groups is 1. The van der Waals surface area contributed by atoms with Gasteiger partial charge in [0.15, 0.2) is 0 Å². The van der Waals surface area contributed by atoms with Crippen molar-refractivity contribution in [2.24, 2.45) is 16.7 Å². The SMILES string of the molecule is CCCCC(C(=O)OOCC)C(C)(C)CC(C)(C)C. The van der Waals surface area contributed by atoms with Crippen molar-refractivity contribution >= 4 is 5.97 Å². The molecule has 0 rings (SSSR count). The van der Waals surface area contributed by atoms with Gasteiger partial charge >= 0.3 is 5.97 Å². The Hall–Kier alpha value is -0.570. The van der Waals surface area contributed by atoms with Crippen LogP contribution in [0.4, 0.5) is 0 Å². The summed E-state index contributed by atoms with van der Waals surface area (Å²) in [6.45, 7) is 15.3. The van der Waals surface area contributed by atoms with Crippen molar-refractivity contribution < 1.29 is 14.6 Å². The first-order chi connectivity index (χ1) is 8.64. The van der Waals surface area contributed by atoms with Crippen LogP contribution in [0.2, 0.25) is 0 Å². The van der Waals surface area contributed by atoms with Gasteiger partial charge in [-0.25, -0.2) is 4.79 Å². The Balaban J connectivity index is 4.84. The van der Waals surface area contributed by atoms with Crippen LogP contribution in [0.15, 0.2) is 0 Å². The van der Waals surface area contributed by atoms with Gasteiger partial charge in [0.05, 0.1) is 12.5 Å². The van der Waals surface area contributed by atoms with Gasteiger partial charge in [-0.1, -0.05) is 54.4 Å². The van der Waals surface area contributed by atoms with E-state index < -0.39 is 0 Å². The van der Waals surface area contributed by atoms with E-state index in [9.17, 15) is 4.79 Å². The van der Waals surface area contributed by atoms with Gasteiger partial charge in [0, 0.05) is 0 Å². The molecule has 0 N–H and O–H groups in total. The van der Waals surface area contributed by atoms with Crippen LogP contribution in [-0.4, -0.2) is 12.6 Å². The maximum absolute atomic E-state index is 12.2. The average Bonchev–Trinajstić information content (AvgIpc) is 2.23. The Bertz CT molecular complexity index is 264. The Morgan fingerprint density at radius 3 is 2.11 bits per heavy atom. The van der Waals surface area contributed by atoms with E-state index in [-0.39, 0.29) is 22.7 Å². The summed E-state index contributed by atoms with van der Waals surface area (Å²) in [6, 6.07) is 0. The monoisotopic (exact) mass is 272 g/mol. The van der Waals surface area contributed by atoms with Gasteiger partial charge in [0.25, 0.3) is 0 Å². The Morgan fingerprint density at radius 2 is 1.68 bits per heavy atom. The summed E-state index contributed by atoms with van der Waals surface area (Å²) in [4.78, 5) is 21.9.